The predicted octanol–water partition coefficient (Wildman–Crippen LogP) is 4.38. The lowest BCUT2D eigenvalue weighted by atomic mass is 9.87. The standard InChI is InChI=1S/C8H10Cl3F3/c1-3-6(4(2)8(12,13)14)5(9)7(6,10)11/h4-5H,3H2,1-2H3/t4-,5?,6?/m0/s1. The van der Waals surface area contributed by atoms with E-state index in [1.54, 1.807) is 6.92 Å². The summed E-state index contributed by atoms with van der Waals surface area (Å²) in [5, 5.41) is -0.833. The number of hydrogen-bond acceptors (Lipinski definition) is 0. The van der Waals surface area contributed by atoms with Gasteiger partial charge in [-0.3, -0.25) is 0 Å². The van der Waals surface area contributed by atoms with Gasteiger partial charge in [-0.25, -0.2) is 0 Å². The molecule has 0 aliphatic heterocycles. The maximum absolute atomic E-state index is 12.5. The normalized spacial score (nSPS) is 38.1. The first-order valence-corrected chi connectivity index (χ1v) is 5.40. The Balaban J connectivity index is 2.97. The van der Waals surface area contributed by atoms with E-state index in [0.29, 0.717) is 0 Å². The molecule has 1 aliphatic rings. The van der Waals surface area contributed by atoms with Crippen LogP contribution in [0.4, 0.5) is 13.2 Å². The SMILES string of the molecule is CCC1([C@H](C)C(F)(F)F)C(Cl)C1(Cl)Cl. The van der Waals surface area contributed by atoms with E-state index in [0.717, 1.165) is 6.92 Å². The lowest BCUT2D eigenvalue weighted by Gasteiger charge is -2.26. The van der Waals surface area contributed by atoms with Gasteiger partial charge in [0.15, 0.2) is 0 Å². The third kappa shape index (κ3) is 1.43. The van der Waals surface area contributed by atoms with Gasteiger partial charge in [0.2, 0.25) is 0 Å². The zero-order chi connectivity index (χ0) is 11.4. The van der Waals surface area contributed by atoms with Crippen LogP contribution < -0.4 is 0 Å². The summed E-state index contributed by atoms with van der Waals surface area (Å²) >= 11 is 17.2. The molecule has 1 aliphatic carbocycles. The van der Waals surface area contributed by atoms with Crippen LogP contribution in [0.1, 0.15) is 20.3 Å². The van der Waals surface area contributed by atoms with Crippen LogP contribution in [0.15, 0.2) is 0 Å². The van der Waals surface area contributed by atoms with Crippen molar-refractivity contribution in [1.82, 2.24) is 0 Å². The molecule has 0 heterocycles. The highest BCUT2D eigenvalue weighted by Gasteiger charge is 2.79. The molecular formula is C8H10Cl3F3. The van der Waals surface area contributed by atoms with Gasteiger partial charge in [-0.05, 0) is 6.42 Å². The van der Waals surface area contributed by atoms with Crippen LogP contribution in [0.3, 0.4) is 0 Å². The van der Waals surface area contributed by atoms with Crippen molar-refractivity contribution in [3.8, 4) is 0 Å². The topological polar surface area (TPSA) is 0 Å². The Morgan fingerprint density at radius 3 is 1.79 bits per heavy atom. The van der Waals surface area contributed by atoms with Crippen molar-refractivity contribution < 1.29 is 13.2 Å². The molecule has 0 aromatic rings. The van der Waals surface area contributed by atoms with E-state index in [9.17, 15) is 13.2 Å². The fraction of sp³-hybridized carbons (Fsp3) is 1.00. The molecule has 2 unspecified atom stereocenters. The van der Waals surface area contributed by atoms with E-state index in [1.807, 2.05) is 0 Å². The summed E-state index contributed by atoms with van der Waals surface area (Å²) in [7, 11) is 0. The highest BCUT2D eigenvalue weighted by atomic mass is 35.5. The molecule has 0 nitrogen and oxygen atoms in total. The summed E-state index contributed by atoms with van der Waals surface area (Å²) in [4.78, 5) is 0. The van der Waals surface area contributed by atoms with Crippen molar-refractivity contribution in [3.05, 3.63) is 0 Å². The molecule has 84 valence electrons. The van der Waals surface area contributed by atoms with Crippen LogP contribution in [0.2, 0.25) is 0 Å². The van der Waals surface area contributed by atoms with Gasteiger partial charge in [0.1, 0.15) is 4.33 Å². The zero-order valence-corrected chi connectivity index (χ0v) is 9.90. The summed E-state index contributed by atoms with van der Waals surface area (Å²) < 4.78 is 36.1. The Hall–Kier alpha value is 0.660. The highest BCUT2D eigenvalue weighted by molar-refractivity contribution is 6.57. The van der Waals surface area contributed by atoms with Gasteiger partial charge in [-0.2, -0.15) is 13.2 Å². The minimum Gasteiger partial charge on any atom is -0.171 e. The second kappa shape index (κ2) is 3.33. The minimum absolute atomic E-state index is 0.217. The van der Waals surface area contributed by atoms with Gasteiger partial charge < -0.3 is 0 Å². The molecule has 0 amide bonds. The summed E-state index contributed by atoms with van der Waals surface area (Å²) in [5.74, 6) is -1.59. The number of alkyl halides is 6. The Bertz CT molecular complexity index is 238. The first-order chi connectivity index (χ1) is 6.12. The molecule has 0 saturated heterocycles. The fourth-order valence-corrected chi connectivity index (χ4v) is 3.81. The first kappa shape index (κ1) is 12.7. The molecule has 0 bridgehead atoms. The summed E-state index contributed by atoms with van der Waals surface area (Å²) in [6.07, 6.45) is -4.09. The maximum atomic E-state index is 12.5. The van der Waals surface area contributed by atoms with Crippen molar-refractivity contribution in [1.29, 1.82) is 0 Å². The van der Waals surface area contributed by atoms with E-state index < -0.39 is 27.2 Å². The largest absolute Gasteiger partial charge is 0.392 e. The van der Waals surface area contributed by atoms with Gasteiger partial charge in [0, 0.05) is 5.41 Å². The van der Waals surface area contributed by atoms with Crippen molar-refractivity contribution in [2.45, 2.75) is 36.2 Å². The van der Waals surface area contributed by atoms with Gasteiger partial charge in [0.25, 0.3) is 0 Å². The maximum Gasteiger partial charge on any atom is 0.392 e. The second-order valence-electron chi connectivity index (χ2n) is 3.64. The molecular weight excluding hydrogens is 259 g/mol. The third-order valence-corrected chi connectivity index (χ3v) is 5.24. The highest BCUT2D eigenvalue weighted by Crippen LogP contribution is 2.74. The molecule has 0 radical (unpaired) electrons. The first-order valence-electron chi connectivity index (χ1n) is 4.21. The molecule has 1 saturated carbocycles. The molecule has 0 N–H and O–H groups in total. The third-order valence-electron chi connectivity index (χ3n) is 3.16. The monoisotopic (exact) mass is 268 g/mol. The minimum atomic E-state index is -4.31. The van der Waals surface area contributed by atoms with Gasteiger partial charge in [-0.15, -0.1) is 11.6 Å². The average Bonchev–Trinajstić information content (AvgIpc) is 2.45. The van der Waals surface area contributed by atoms with Crippen LogP contribution in [0.25, 0.3) is 0 Å². The number of hydrogen-bond donors (Lipinski definition) is 0. The average molecular weight is 270 g/mol. The van der Waals surface area contributed by atoms with E-state index >= 15 is 0 Å². The van der Waals surface area contributed by atoms with Crippen LogP contribution in [0, 0.1) is 11.3 Å². The second-order valence-corrected chi connectivity index (χ2v) is 5.47. The number of halogens is 6. The molecule has 6 heteroatoms. The van der Waals surface area contributed by atoms with Gasteiger partial charge in [0.05, 0.1) is 11.3 Å². The molecule has 14 heavy (non-hydrogen) atoms. The van der Waals surface area contributed by atoms with Crippen LogP contribution in [-0.4, -0.2) is 15.9 Å². The van der Waals surface area contributed by atoms with Crippen LogP contribution in [-0.2, 0) is 0 Å². The van der Waals surface area contributed by atoms with E-state index in [1.165, 1.54) is 0 Å². The Morgan fingerprint density at radius 1 is 1.36 bits per heavy atom. The van der Waals surface area contributed by atoms with Gasteiger partial charge >= 0.3 is 6.18 Å². The Kier molecular flexibility index (Phi) is 3.02. The lowest BCUT2D eigenvalue weighted by molar-refractivity contribution is -0.188. The zero-order valence-electron chi connectivity index (χ0n) is 7.63. The smallest absolute Gasteiger partial charge is 0.171 e. The molecule has 3 atom stereocenters. The quantitative estimate of drug-likeness (QED) is 0.653. The summed E-state index contributed by atoms with van der Waals surface area (Å²) in [5.41, 5.74) is -1.24. The van der Waals surface area contributed by atoms with Crippen LogP contribution >= 0.6 is 34.8 Å². The Morgan fingerprint density at radius 2 is 1.71 bits per heavy atom. The van der Waals surface area contributed by atoms with Gasteiger partial charge in [-0.1, -0.05) is 37.0 Å². The molecule has 1 rings (SSSR count). The number of rotatable bonds is 2. The van der Waals surface area contributed by atoms with E-state index in [2.05, 4.69) is 0 Å². The molecule has 0 spiro atoms. The summed E-state index contributed by atoms with van der Waals surface area (Å²) in [6, 6.07) is 0. The van der Waals surface area contributed by atoms with E-state index in [4.69, 9.17) is 34.8 Å². The van der Waals surface area contributed by atoms with Crippen molar-refractivity contribution in [2.75, 3.05) is 0 Å². The molecule has 1 fully saturated rings. The summed E-state index contributed by atoms with van der Waals surface area (Å²) in [6.45, 7) is 2.69. The van der Waals surface area contributed by atoms with Crippen molar-refractivity contribution in [3.63, 3.8) is 0 Å². The molecule has 0 aromatic heterocycles. The molecule has 0 aromatic carbocycles. The van der Waals surface area contributed by atoms with Crippen molar-refractivity contribution in [2.24, 2.45) is 11.3 Å². The van der Waals surface area contributed by atoms with E-state index in [-0.39, 0.29) is 6.42 Å². The van der Waals surface area contributed by atoms with Crippen molar-refractivity contribution >= 4 is 34.8 Å². The lowest BCUT2D eigenvalue weighted by Crippen LogP contribution is -2.32. The van der Waals surface area contributed by atoms with Crippen LogP contribution in [0.5, 0.6) is 0 Å². The predicted molar refractivity (Wildman–Crippen MR) is 52.0 cm³/mol. The Labute approximate surface area is 95.7 Å². The fourth-order valence-electron chi connectivity index (χ4n) is 1.95.